The Morgan fingerprint density at radius 2 is 1.81 bits per heavy atom. The first-order chi connectivity index (χ1) is 16.6. The third-order valence-corrected chi connectivity index (χ3v) is 6.69. The van der Waals surface area contributed by atoms with E-state index in [0.717, 1.165) is 66.5 Å². The van der Waals surface area contributed by atoms with E-state index < -0.39 is 0 Å². The van der Waals surface area contributed by atoms with Crippen molar-refractivity contribution in [3.05, 3.63) is 76.2 Å². The van der Waals surface area contributed by atoms with Crippen LogP contribution in [0.5, 0.6) is 5.75 Å². The molecule has 2 heterocycles. The number of thiophene rings is 1. The lowest BCUT2D eigenvalue weighted by molar-refractivity contribution is 0.291. The number of aromatic nitrogens is 2. The zero-order valence-electron chi connectivity index (χ0n) is 21.0. The lowest BCUT2D eigenvalue weighted by atomic mass is 10.1. The zero-order chi connectivity index (χ0) is 23.9. The third-order valence-electron chi connectivity index (χ3n) is 6.01. The number of nitrogens with zero attached hydrogens (tertiary/aromatic N) is 4. The summed E-state index contributed by atoms with van der Waals surface area (Å²) in [7, 11) is 0. The minimum Gasteiger partial charge on any atom is -0.494 e. The highest BCUT2D eigenvalue weighted by Crippen LogP contribution is 2.25. The molecule has 4 aromatic rings. The summed E-state index contributed by atoms with van der Waals surface area (Å²) in [6, 6.07) is 16.5. The van der Waals surface area contributed by atoms with Gasteiger partial charge in [-0.3, -0.25) is 0 Å². The summed E-state index contributed by atoms with van der Waals surface area (Å²) >= 11 is 1.61. The van der Waals surface area contributed by atoms with Crippen LogP contribution in [-0.4, -0.2) is 46.5 Å². The maximum Gasteiger partial charge on any atom is 0.132 e. The van der Waals surface area contributed by atoms with Crippen molar-refractivity contribution in [2.45, 2.75) is 33.7 Å². The Balaban J connectivity index is 0.00000228. The molecule has 2 N–H and O–H groups in total. The zero-order valence-corrected chi connectivity index (χ0v) is 23.5. The van der Waals surface area contributed by atoms with Crippen LogP contribution in [0.15, 0.2) is 64.3 Å². The van der Waals surface area contributed by atoms with Crippen molar-refractivity contribution in [2.24, 2.45) is 10.7 Å². The molecule has 0 saturated heterocycles. The smallest absolute Gasteiger partial charge is 0.132 e. The fourth-order valence-corrected chi connectivity index (χ4v) is 4.72. The van der Waals surface area contributed by atoms with Crippen LogP contribution in [0.2, 0.25) is 0 Å². The molecule has 0 amide bonds. The molecule has 0 aliphatic carbocycles. The third kappa shape index (κ3) is 7.23. The Bertz CT molecular complexity index is 1240. The molecule has 194 valence electrons. The van der Waals surface area contributed by atoms with Crippen LogP contribution in [0.3, 0.4) is 0 Å². The minimum absolute atomic E-state index is 0. The van der Waals surface area contributed by atoms with Crippen LogP contribution in [-0.2, 0) is 13.0 Å². The number of hydrogen-bond donors (Lipinski definition) is 1. The molecule has 0 fully saturated rings. The minimum atomic E-state index is 0. The van der Waals surface area contributed by atoms with Gasteiger partial charge in [0.2, 0.25) is 0 Å². The topological polar surface area (TPSA) is 68.7 Å². The molecular weight excluding hydrogens is 513 g/mol. The Labute approximate surface area is 230 Å². The molecule has 0 radical (unpaired) electrons. The fourth-order valence-electron chi connectivity index (χ4n) is 4.07. The summed E-state index contributed by atoms with van der Waals surface area (Å²) in [6.45, 7) is 11.0. The summed E-state index contributed by atoms with van der Waals surface area (Å²) in [6.07, 6.45) is 0.759. The van der Waals surface area contributed by atoms with Crippen molar-refractivity contribution >= 4 is 58.7 Å². The van der Waals surface area contributed by atoms with Crippen molar-refractivity contribution in [3.8, 4) is 5.75 Å². The number of hydrogen-bond acceptors (Lipinski definition) is 5. The van der Waals surface area contributed by atoms with Crippen LogP contribution in [0.1, 0.15) is 37.7 Å². The largest absolute Gasteiger partial charge is 0.494 e. The highest BCUT2D eigenvalue weighted by molar-refractivity contribution is 7.08. The number of imidazole rings is 1. The fraction of sp³-hybridized carbons (Fsp3) is 0.333. The molecule has 0 saturated carbocycles. The number of rotatable bonds is 11. The average Bonchev–Trinajstić information content (AvgIpc) is 3.50. The number of fused-ring (bicyclic) bond motifs is 1. The normalized spacial score (nSPS) is 11.4. The molecule has 0 spiro atoms. The van der Waals surface area contributed by atoms with Gasteiger partial charge >= 0.3 is 0 Å². The van der Waals surface area contributed by atoms with E-state index in [2.05, 4.69) is 46.5 Å². The van der Waals surface area contributed by atoms with Crippen LogP contribution < -0.4 is 10.5 Å². The maximum atomic E-state index is 6.21. The lowest BCUT2D eigenvalue weighted by Gasteiger charge is -2.19. The Kier molecular flexibility index (Phi) is 11.7. The van der Waals surface area contributed by atoms with Gasteiger partial charge in [0.25, 0.3) is 0 Å². The summed E-state index contributed by atoms with van der Waals surface area (Å²) < 4.78 is 7.94. The molecule has 2 aromatic carbocycles. The van der Waals surface area contributed by atoms with Gasteiger partial charge in [-0.05, 0) is 67.4 Å². The first-order valence-electron chi connectivity index (χ1n) is 11.9. The molecular formula is C27H35Cl2N5OS. The predicted octanol–water partition coefficient (Wildman–Crippen LogP) is 6.31. The SMILES string of the molecule is CCOc1ccc(Cc2nc3cc(N=C(N)c4ccsc4)ccc3n2CCN(CC)CC)cc1.Cl.Cl. The lowest BCUT2D eigenvalue weighted by Crippen LogP contribution is -2.27. The number of likely N-dealkylation sites (N-methyl/N-ethyl adjacent to an activating group) is 1. The van der Waals surface area contributed by atoms with Crippen LogP contribution in [0.4, 0.5) is 5.69 Å². The van der Waals surface area contributed by atoms with Crippen LogP contribution in [0.25, 0.3) is 11.0 Å². The summed E-state index contributed by atoms with van der Waals surface area (Å²) in [4.78, 5) is 12.1. The number of ether oxygens (including phenoxy) is 1. The van der Waals surface area contributed by atoms with E-state index in [1.807, 2.05) is 48.0 Å². The summed E-state index contributed by atoms with van der Waals surface area (Å²) in [5.74, 6) is 2.47. The van der Waals surface area contributed by atoms with Crippen LogP contribution >= 0.6 is 36.2 Å². The van der Waals surface area contributed by atoms with E-state index in [0.29, 0.717) is 12.4 Å². The van der Waals surface area contributed by atoms with Gasteiger partial charge in [-0.25, -0.2) is 9.98 Å². The van der Waals surface area contributed by atoms with Crippen molar-refractivity contribution in [3.63, 3.8) is 0 Å². The van der Waals surface area contributed by atoms with Gasteiger partial charge in [0.15, 0.2) is 0 Å². The van der Waals surface area contributed by atoms with Gasteiger partial charge < -0.3 is 19.9 Å². The van der Waals surface area contributed by atoms with E-state index >= 15 is 0 Å². The highest BCUT2D eigenvalue weighted by atomic mass is 35.5. The van der Waals surface area contributed by atoms with Gasteiger partial charge in [-0.1, -0.05) is 26.0 Å². The molecule has 0 bridgehead atoms. The highest BCUT2D eigenvalue weighted by Gasteiger charge is 2.13. The maximum absolute atomic E-state index is 6.21. The first kappa shape index (κ1) is 29.6. The van der Waals surface area contributed by atoms with Gasteiger partial charge in [0, 0.05) is 30.5 Å². The number of halogens is 2. The predicted molar refractivity (Wildman–Crippen MR) is 157 cm³/mol. The van der Waals surface area contributed by atoms with E-state index in [1.165, 1.54) is 5.56 Å². The Morgan fingerprint density at radius 1 is 1.06 bits per heavy atom. The molecule has 4 rings (SSSR count). The van der Waals surface area contributed by atoms with E-state index in [9.17, 15) is 0 Å². The van der Waals surface area contributed by atoms with Gasteiger partial charge in [-0.2, -0.15) is 11.3 Å². The molecule has 0 atom stereocenters. The van der Waals surface area contributed by atoms with Crippen LogP contribution in [0, 0.1) is 0 Å². The van der Waals surface area contributed by atoms with Gasteiger partial charge in [0.1, 0.15) is 17.4 Å². The van der Waals surface area contributed by atoms with E-state index in [1.54, 1.807) is 11.3 Å². The summed E-state index contributed by atoms with van der Waals surface area (Å²) in [5.41, 5.74) is 11.3. The Hall–Kier alpha value is -2.58. The van der Waals surface area contributed by atoms with Crippen molar-refractivity contribution < 1.29 is 4.74 Å². The molecule has 6 nitrogen and oxygen atoms in total. The molecule has 2 aromatic heterocycles. The van der Waals surface area contributed by atoms with Gasteiger partial charge in [-0.15, -0.1) is 24.8 Å². The monoisotopic (exact) mass is 547 g/mol. The number of nitrogens with two attached hydrogens (primary N) is 1. The number of benzene rings is 2. The van der Waals surface area contributed by atoms with Crippen molar-refractivity contribution in [2.75, 3.05) is 26.2 Å². The molecule has 0 unspecified atom stereocenters. The van der Waals surface area contributed by atoms with E-state index in [-0.39, 0.29) is 24.8 Å². The second kappa shape index (κ2) is 14.2. The van der Waals surface area contributed by atoms with Crippen molar-refractivity contribution in [1.29, 1.82) is 0 Å². The standard InChI is InChI=1S/C27H33N5OS.2ClH/c1-4-31(5-2)14-15-32-25-12-9-22(29-27(28)21-13-16-34-19-21)18-24(25)30-26(32)17-20-7-10-23(11-8-20)33-6-3;;/h7-13,16,18-19H,4-6,14-15,17H2,1-3H3,(H2,28,29);2*1H. The number of aliphatic imine (C=N–C) groups is 1. The average molecular weight is 549 g/mol. The molecule has 9 heteroatoms. The van der Waals surface area contributed by atoms with E-state index in [4.69, 9.17) is 15.5 Å². The quantitative estimate of drug-likeness (QED) is 0.176. The van der Waals surface area contributed by atoms with Crippen molar-refractivity contribution in [1.82, 2.24) is 14.5 Å². The molecule has 36 heavy (non-hydrogen) atoms. The molecule has 0 aliphatic rings. The van der Waals surface area contributed by atoms with Gasteiger partial charge in [0.05, 0.1) is 23.3 Å². The molecule has 0 aliphatic heterocycles. The summed E-state index contributed by atoms with van der Waals surface area (Å²) in [5, 5.41) is 4.01. The second-order valence-corrected chi connectivity index (χ2v) is 8.92. The first-order valence-corrected chi connectivity index (χ1v) is 12.9. The Morgan fingerprint density at radius 3 is 2.44 bits per heavy atom. The second-order valence-electron chi connectivity index (χ2n) is 8.14. The number of amidine groups is 1.